The van der Waals surface area contributed by atoms with E-state index in [4.69, 9.17) is 4.74 Å². The molecule has 0 saturated carbocycles. The summed E-state index contributed by atoms with van der Waals surface area (Å²) in [6.07, 6.45) is 0.784. The van der Waals surface area contributed by atoms with Crippen molar-refractivity contribution in [1.82, 2.24) is 19.6 Å². The fourth-order valence-electron chi connectivity index (χ4n) is 6.69. The Labute approximate surface area is 266 Å². The first kappa shape index (κ1) is 32.6. The quantitative estimate of drug-likeness (QED) is 0.342. The van der Waals surface area contributed by atoms with Gasteiger partial charge in [-0.3, -0.25) is 24.3 Å². The van der Waals surface area contributed by atoms with Crippen LogP contribution in [0.5, 0.6) is 5.75 Å². The maximum atomic E-state index is 13.9. The fourth-order valence-corrected chi connectivity index (χ4v) is 6.69. The summed E-state index contributed by atoms with van der Waals surface area (Å²) in [5.41, 5.74) is 3.53. The predicted octanol–water partition coefficient (Wildman–Crippen LogP) is 4.93. The summed E-state index contributed by atoms with van der Waals surface area (Å²) in [5, 5.41) is 10.4. The Kier molecular flexibility index (Phi) is 10.9. The van der Waals surface area contributed by atoms with Crippen LogP contribution in [0.25, 0.3) is 0 Å². The smallest absolute Gasteiger partial charge is 0.320 e. The highest BCUT2D eigenvalue weighted by Gasteiger charge is 2.35. The molecule has 1 N–H and O–H groups in total. The second-order valence-corrected chi connectivity index (χ2v) is 12.3. The van der Waals surface area contributed by atoms with Crippen molar-refractivity contribution in [3.05, 3.63) is 101 Å². The van der Waals surface area contributed by atoms with Crippen LogP contribution in [0.1, 0.15) is 60.3 Å². The van der Waals surface area contributed by atoms with Gasteiger partial charge >= 0.3 is 5.97 Å². The number of hydrogen-bond acceptors (Lipinski definition) is 7. The molecule has 5 rings (SSSR count). The van der Waals surface area contributed by atoms with Crippen molar-refractivity contribution in [3.63, 3.8) is 0 Å². The average molecular weight is 617 g/mol. The van der Waals surface area contributed by atoms with Gasteiger partial charge in [-0.05, 0) is 80.3 Å². The van der Waals surface area contributed by atoms with Crippen LogP contribution in [0.2, 0.25) is 0 Å². The van der Waals surface area contributed by atoms with Crippen LogP contribution in [0, 0.1) is 5.82 Å². The number of esters is 1. The van der Waals surface area contributed by atoms with Crippen molar-refractivity contribution in [2.75, 3.05) is 52.4 Å². The molecular weight excluding hydrogens is 571 g/mol. The summed E-state index contributed by atoms with van der Waals surface area (Å²) in [4.78, 5) is 34.6. The molecule has 2 aliphatic heterocycles. The highest BCUT2D eigenvalue weighted by molar-refractivity contribution is 5.94. The molecular formula is C36H45FN4O4. The van der Waals surface area contributed by atoms with Gasteiger partial charge < -0.3 is 14.7 Å². The summed E-state index contributed by atoms with van der Waals surface area (Å²) in [6, 6.07) is 22.2. The summed E-state index contributed by atoms with van der Waals surface area (Å²) >= 11 is 0. The second-order valence-electron chi connectivity index (χ2n) is 12.3. The largest absolute Gasteiger partial charge is 0.508 e. The first-order valence-corrected chi connectivity index (χ1v) is 16.0. The number of carbonyl (C=O) groups is 2. The lowest BCUT2D eigenvalue weighted by Gasteiger charge is -2.47. The lowest BCUT2D eigenvalue weighted by atomic mass is 9.92. The molecule has 2 saturated heterocycles. The predicted molar refractivity (Wildman–Crippen MR) is 172 cm³/mol. The fraction of sp³-hybridized carbons (Fsp3) is 0.444. The Balaban J connectivity index is 1.36. The normalized spacial score (nSPS) is 20.8. The summed E-state index contributed by atoms with van der Waals surface area (Å²) in [7, 11) is 0. The second kappa shape index (κ2) is 15.0. The molecule has 0 aliphatic carbocycles. The number of ether oxygens (including phenoxy) is 1. The van der Waals surface area contributed by atoms with E-state index in [0.29, 0.717) is 38.3 Å². The minimum absolute atomic E-state index is 0.0224. The molecule has 2 fully saturated rings. The summed E-state index contributed by atoms with van der Waals surface area (Å²) < 4.78 is 19.0. The zero-order chi connectivity index (χ0) is 31.9. The number of phenols is 1. The highest BCUT2D eigenvalue weighted by Crippen LogP contribution is 2.35. The third kappa shape index (κ3) is 8.28. The van der Waals surface area contributed by atoms with Crippen molar-refractivity contribution >= 4 is 11.9 Å². The van der Waals surface area contributed by atoms with Crippen molar-refractivity contribution in [2.24, 2.45) is 0 Å². The molecule has 0 aromatic heterocycles. The van der Waals surface area contributed by atoms with E-state index in [0.717, 1.165) is 42.7 Å². The van der Waals surface area contributed by atoms with Crippen LogP contribution in [-0.2, 0) is 16.1 Å². The van der Waals surface area contributed by atoms with Gasteiger partial charge in [0.25, 0.3) is 5.91 Å². The molecule has 240 valence electrons. The number of amides is 1. The van der Waals surface area contributed by atoms with Crippen LogP contribution >= 0.6 is 0 Å². The first-order chi connectivity index (χ1) is 21.7. The molecule has 45 heavy (non-hydrogen) atoms. The molecule has 9 heteroatoms. The van der Waals surface area contributed by atoms with Gasteiger partial charge in [-0.2, -0.15) is 0 Å². The van der Waals surface area contributed by atoms with E-state index in [1.165, 1.54) is 6.07 Å². The number of halogens is 1. The molecule has 3 aromatic rings. The molecule has 2 aliphatic rings. The number of nitrogens with zero attached hydrogens (tertiary/aromatic N) is 4. The Bertz CT molecular complexity index is 1470. The number of rotatable bonds is 9. The van der Waals surface area contributed by atoms with E-state index in [2.05, 4.69) is 34.6 Å². The van der Waals surface area contributed by atoms with Gasteiger partial charge in [-0.1, -0.05) is 36.4 Å². The Hall–Kier alpha value is -3.79. The van der Waals surface area contributed by atoms with Gasteiger partial charge in [-0.15, -0.1) is 0 Å². The molecule has 1 amide bonds. The minimum atomic E-state index is -0.235. The number of piperazine rings is 1. The van der Waals surface area contributed by atoms with Crippen molar-refractivity contribution in [3.8, 4) is 5.75 Å². The number of hydrogen-bond donors (Lipinski definition) is 1. The van der Waals surface area contributed by atoms with Crippen LogP contribution < -0.4 is 0 Å². The maximum Gasteiger partial charge on any atom is 0.320 e. The van der Waals surface area contributed by atoms with Gasteiger partial charge in [0.05, 0.1) is 19.2 Å². The molecule has 0 unspecified atom stereocenters. The van der Waals surface area contributed by atoms with Crippen molar-refractivity contribution < 1.29 is 23.8 Å². The van der Waals surface area contributed by atoms with E-state index in [1.54, 1.807) is 25.1 Å². The molecule has 0 bridgehead atoms. The van der Waals surface area contributed by atoms with Crippen LogP contribution in [0.15, 0.2) is 72.8 Å². The van der Waals surface area contributed by atoms with Crippen LogP contribution in [0.3, 0.4) is 0 Å². The van der Waals surface area contributed by atoms with Crippen molar-refractivity contribution in [1.29, 1.82) is 0 Å². The molecule has 0 radical (unpaired) electrons. The van der Waals surface area contributed by atoms with E-state index < -0.39 is 0 Å². The standard InChI is InChI=1S/C36H45FN4O4/c1-4-45-34(43)25-38-15-8-16-39(18-17-38)36(44)31-12-6-10-29(20-31)35(30-11-7-14-33(42)21-30)41-23-26(2)40(22-27(41)3)24-28-9-5-13-32(37)19-28/h5-7,9-14,19-21,26-27,35,42H,4,8,15-18,22-25H2,1-3H3/t26-,27+,35-/m1/s1. The molecule has 3 atom stereocenters. The molecule has 3 aromatic carbocycles. The number of aromatic hydroxyl groups is 1. The zero-order valence-corrected chi connectivity index (χ0v) is 26.6. The lowest BCUT2D eigenvalue weighted by molar-refractivity contribution is -0.144. The molecule has 2 heterocycles. The van der Waals surface area contributed by atoms with Gasteiger partial charge in [0.2, 0.25) is 0 Å². The van der Waals surface area contributed by atoms with E-state index in [-0.39, 0.29) is 48.1 Å². The first-order valence-electron chi connectivity index (χ1n) is 16.0. The van der Waals surface area contributed by atoms with Crippen LogP contribution in [-0.4, -0.2) is 101 Å². The SMILES string of the molecule is CCOC(=O)CN1CCCN(C(=O)c2cccc([C@H](c3cccc(O)c3)N3C[C@@H](C)N(Cc4cccc(F)c4)C[C@@H]3C)c2)CC1. The third-order valence-corrected chi connectivity index (χ3v) is 8.94. The van der Waals surface area contributed by atoms with E-state index in [1.807, 2.05) is 47.4 Å². The topological polar surface area (TPSA) is 76.6 Å². The van der Waals surface area contributed by atoms with Crippen LogP contribution in [0.4, 0.5) is 4.39 Å². The minimum Gasteiger partial charge on any atom is -0.508 e. The Morgan fingerprint density at radius 1 is 0.911 bits per heavy atom. The number of carbonyl (C=O) groups excluding carboxylic acids is 2. The third-order valence-electron chi connectivity index (χ3n) is 8.94. The van der Waals surface area contributed by atoms with Gasteiger partial charge in [-0.25, -0.2) is 4.39 Å². The number of benzene rings is 3. The molecule has 0 spiro atoms. The summed E-state index contributed by atoms with van der Waals surface area (Å²) in [5.74, 6) is -0.279. The monoisotopic (exact) mass is 616 g/mol. The Morgan fingerprint density at radius 3 is 2.42 bits per heavy atom. The highest BCUT2D eigenvalue weighted by atomic mass is 19.1. The number of phenolic OH excluding ortho intramolecular Hbond substituents is 1. The van der Waals surface area contributed by atoms with Gasteiger partial charge in [0.1, 0.15) is 11.6 Å². The Morgan fingerprint density at radius 2 is 1.67 bits per heavy atom. The summed E-state index contributed by atoms with van der Waals surface area (Å²) in [6.45, 7) is 11.6. The van der Waals surface area contributed by atoms with E-state index in [9.17, 15) is 19.1 Å². The average Bonchev–Trinajstić information content (AvgIpc) is 3.25. The van der Waals surface area contributed by atoms with Gasteiger partial charge in [0.15, 0.2) is 0 Å². The molecule has 8 nitrogen and oxygen atoms in total. The van der Waals surface area contributed by atoms with Crippen molar-refractivity contribution in [2.45, 2.75) is 51.9 Å². The van der Waals surface area contributed by atoms with Gasteiger partial charge in [0, 0.05) is 63.5 Å². The maximum absolute atomic E-state index is 13.9. The lowest BCUT2D eigenvalue weighted by Crippen LogP contribution is -2.56. The zero-order valence-electron chi connectivity index (χ0n) is 26.6. The van der Waals surface area contributed by atoms with E-state index >= 15 is 0 Å².